The summed E-state index contributed by atoms with van der Waals surface area (Å²) < 4.78 is 98.2. The number of hydrogen-bond acceptors (Lipinski definition) is 7. The minimum atomic E-state index is -5.08. The van der Waals surface area contributed by atoms with Gasteiger partial charge in [-0.3, -0.25) is 4.79 Å². The first-order valence-electron chi connectivity index (χ1n) is 10.3. The van der Waals surface area contributed by atoms with Crippen LogP contribution in [0.4, 0.5) is 26.3 Å². The lowest BCUT2D eigenvalue weighted by Gasteiger charge is -2.27. The van der Waals surface area contributed by atoms with Crippen molar-refractivity contribution in [3.63, 3.8) is 0 Å². The second kappa shape index (κ2) is 9.74. The van der Waals surface area contributed by atoms with Crippen molar-refractivity contribution < 1.29 is 49.5 Å². The maximum absolute atomic E-state index is 13.1. The van der Waals surface area contributed by atoms with Gasteiger partial charge in [-0.15, -0.1) is 10.2 Å². The highest BCUT2D eigenvalue weighted by Gasteiger charge is 2.65. The summed E-state index contributed by atoms with van der Waals surface area (Å²) in [5.74, 6) is -3.52. The summed E-state index contributed by atoms with van der Waals surface area (Å²) in [7, 11) is -4.28. The number of sulfonamides is 1. The number of hydrogen-bond donors (Lipinski definition) is 3. The topological polar surface area (TPSA) is 137 Å². The molecule has 1 atom stereocenters. The number of halogens is 6. The zero-order chi connectivity index (χ0) is 27.8. The highest BCUT2D eigenvalue weighted by Crippen LogP contribution is 2.52. The van der Waals surface area contributed by atoms with Crippen LogP contribution in [0.3, 0.4) is 0 Å². The van der Waals surface area contributed by atoms with Crippen molar-refractivity contribution in [3.8, 4) is 0 Å². The third-order valence-electron chi connectivity index (χ3n) is 5.48. The first-order chi connectivity index (χ1) is 17.0. The monoisotopic (exact) mass is 552 g/mol. The van der Waals surface area contributed by atoms with E-state index in [1.165, 1.54) is 0 Å². The van der Waals surface area contributed by atoms with Crippen LogP contribution in [0.2, 0.25) is 0 Å². The van der Waals surface area contributed by atoms with E-state index in [1.54, 1.807) is 12.1 Å². The van der Waals surface area contributed by atoms with Crippen LogP contribution in [0, 0.1) is 6.92 Å². The number of carboxylic acids is 1. The summed E-state index contributed by atoms with van der Waals surface area (Å²) in [6.45, 7) is 2.43. The Balaban J connectivity index is 0.000000479. The van der Waals surface area contributed by atoms with E-state index in [4.69, 9.17) is 9.90 Å². The van der Waals surface area contributed by atoms with Crippen LogP contribution in [-0.2, 0) is 31.7 Å². The Morgan fingerprint density at radius 1 is 1.05 bits per heavy atom. The van der Waals surface area contributed by atoms with Gasteiger partial charge < -0.3 is 10.4 Å². The molecule has 0 radical (unpaired) electrons. The van der Waals surface area contributed by atoms with E-state index in [0.29, 0.717) is 12.1 Å². The largest absolute Gasteiger partial charge is 0.490 e. The van der Waals surface area contributed by atoms with Crippen molar-refractivity contribution >= 4 is 21.9 Å². The Labute approximate surface area is 205 Å². The van der Waals surface area contributed by atoms with E-state index < -0.39 is 46.0 Å². The number of nitrogens with zero attached hydrogens (tertiary/aromatic N) is 2. The number of alkyl halides is 6. The summed E-state index contributed by atoms with van der Waals surface area (Å²) in [6, 6.07) is 8.60. The fourth-order valence-electron chi connectivity index (χ4n) is 3.58. The molecule has 0 aliphatic carbocycles. The number of benzene rings is 2. The Morgan fingerprint density at radius 3 is 2.11 bits per heavy atom. The van der Waals surface area contributed by atoms with Crippen molar-refractivity contribution in [2.75, 3.05) is 6.54 Å². The van der Waals surface area contributed by atoms with Gasteiger partial charge >= 0.3 is 24.0 Å². The second-order valence-corrected chi connectivity index (χ2v) is 9.63. The van der Waals surface area contributed by atoms with Crippen LogP contribution in [-0.4, -0.2) is 44.3 Å². The van der Waals surface area contributed by atoms with Gasteiger partial charge in [0.1, 0.15) is 6.04 Å². The van der Waals surface area contributed by atoms with Gasteiger partial charge in [-0.1, -0.05) is 30.3 Å². The zero-order valence-electron chi connectivity index (χ0n) is 18.7. The van der Waals surface area contributed by atoms with Crippen molar-refractivity contribution in [2.24, 2.45) is 10.2 Å². The molecule has 0 saturated carbocycles. The quantitative estimate of drug-likeness (QED) is 0.497. The summed E-state index contributed by atoms with van der Waals surface area (Å²) in [4.78, 5) is 21.3. The van der Waals surface area contributed by atoms with Crippen molar-refractivity contribution in [3.05, 3.63) is 64.7 Å². The molecule has 4 rings (SSSR count). The molecule has 2 aliphatic rings. The first-order valence-corrected chi connectivity index (χ1v) is 11.8. The van der Waals surface area contributed by atoms with Crippen LogP contribution in [0.5, 0.6) is 0 Å². The molecule has 16 heteroatoms. The Bertz CT molecular complexity index is 1330. The number of fused-ring (bicyclic) bond motifs is 1. The van der Waals surface area contributed by atoms with Crippen molar-refractivity contribution in [1.82, 2.24) is 10.0 Å². The molecule has 0 bridgehead atoms. The van der Waals surface area contributed by atoms with Gasteiger partial charge in [0.2, 0.25) is 0 Å². The van der Waals surface area contributed by atoms with Gasteiger partial charge in [0, 0.05) is 12.1 Å². The molecule has 37 heavy (non-hydrogen) atoms. The molecule has 1 amide bonds. The Hall–Kier alpha value is -3.53. The predicted molar refractivity (Wildman–Crippen MR) is 114 cm³/mol. The molecular formula is C21H18F6N4O5S. The van der Waals surface area contributed by atoms with Crippen molar-refractivity contribution in [2.45, 2.75) is 42.3 Å². The molecule has 2 aromatic carbocycles. The minimum absolute atomic E-state index is 0.293. The van der Waals surface area contributed by atoms with E-state index in [9.17, 15) is 39.6 Å². The fraction of sp³-hybridized carbons (Fsp3) is 0.333. The van der Waals surface area contributed by atoms with Gasteiger partial charge in [0.25, 0.3) is 15.9 Å². The molecule has 2 aromatic rings. The zero-order valence-corrected chi connectivity index (χ0v) is 19.5. The molecule has 3 N–H and O–H groups in total. The maximum atomic E-state index is 13.1. The van der Waals surface area contributed by atoms with E-state index in [0.717, 1.165) is 41.8 Å². The Kier molecular flexibility index (Phi) is 7.38. The summed E-state index contributed by atoms with van der Waals surface area (Å²) in [5, 5.41) is 16.3. The number of amides is 1. The average Bonchev–Trinajstić information content (AvgIpc) is 3.61. The van der Waals surface area contributed by atoms with Crippen LogP contribution >= 0.6 is 0 Å². The highest BCUT2D eigenvalue weighted by atomic mass is 32.2. The SMILES string of the molecule is Cc1cccc2c1CCNC2C(=O)NS(=O)(=O)c1ccc(C2(C(F)(F)F)N=N2)cc1.O=C(O)C(F)(F)F. The smallest absolute Gasteiger partial charge is 0.475 e. The molecule has 2 aliphatic heterocycles. The third kappa shape index (κ3) is 5.90. The Morgan fingerprint density at radius 2 is 1.62 bits per heavy atom. The first kappa shape index (κ1) is 28.0. The standard InChI is InChI=1S/C19H17F3N4O3S.C2HF3O2/c1-11-3-2-4-15-14(11)9-10-23-16(15)17(27)24-30(28,29)13-7-5-12(6-8-13)18(25-26-18)19(20,21)22;3-2(4,5)1(6)7/h2-8,16,23H,9-10H2,1H3,(H,24,27);(H,6,7). The number of carbonyl (C=O) groups excluding carboxylic acids is 1. The van der Waals surface area contributed by atoms with Crippen LogP contribution < -0.4 is 10.0 Å². The second-order valence-electron chi connectivity index (χ2n) is 7.95. The molecule has 0 fully saturated rings. The van der Waals surface area contributed by atoms with Crippen LogP contribution in [0.15, 0.2) is 57.6 Å². The highest BCUT2D eigenvalue weighted by molar-refractivity contribution is 7.90. The fourth-order valence-corrected chi connectivity index (χ4v) is 4.58. The third-order valence-corrected chi connectivity index (χ3v) is 6.85. The molecule has 0 aromatic heterocycles. The summed E-state index contributed by atoms with van der Waals surface area (Å²) in [6.07, 6.45) is -9.07. The molecule has 0 spiro atoms. The number of aliphatic carboxylic acids is 1. The lowest BCUT2D eigenvalue weighted by Crippen LogP contribution is -2.43. The van der Waals surface area contributed by atoms with Crippen LogP contribution in [0.1, 0.15) is 28.3 Å². The molecular weight excluding hydrogens is 534 g/mol. The number of aryl methyl sites for hydroxylation is 1. The van der Waals surface area contributed by atoms with E-state index in [2.05, 4.69) is 15.5 Å². The van der Waals surface area contributed by atoms with Crippen molar-refractivity contribution in [1.29, 1.82) is 0 Å². The van der Waals surface area contributed by atoms with Gasteiger partial charge in [-0.05, 0) is 42.2 Å². The van der Waals surface area contributed by atoms with Gasteiger partial charge in [0.05, 0.1) is 4.90 Å². The maximum Gasteiger partial charge on any atom is 0.490 e. The number of rotatable bonds is 4. The van der Waals surface area contributed by atoms with E-state index in [1.807, 2.05) is 17.7 Å². The molecule has 0 saturated heterocycles. The number of carboxylic acid groups (broad SMARTS) is 1. The van der Waals surface area contributed by atoms with Gasteiger partial charge in [0.15, 0.2) is 0 Å². The molecule has 200 valence electrons. The summed E-state index contributed by atoms with van der Waals surface area (Å²) in [5.41, 5.74) is -0.217. The molecule has 1 unspecified atom stereocenters. The normalized spacial score (nSPS) is 18.2. The number of carbonyl (C=O) groups is 2. The average molecular weight is 552 g/mol. The van der Waals surface area contributed by atoms with E-state index in [-0.39, 0.29) is 10.5 Å². The summed E-state index contributed by atoms with van der Waals surface area (Å²) >= 11 is 0. The lowest BCUT2D eigenvalue weighted by atomic mass is 9.91. The van der Waals surface area contributed by atoms with E-state index >= 15 is 0 Å². The molecule has 2 heterocycles. The van der Waals surface area contributed by atoms with Gasteiger partial charge in [-0.25, -0.2) is 17.9 Å². The predicted octanol–water partition coefficient (Wildman–Crippen LogP) is 3.50. The van der Waals surface area contributed by atoms with Crippen LogP contribution in [0.25, 0.3) is 0 Å². The van der Waals surface area contributed by atoms with Gasteiger partial charge in [-0.2, -0.15) is 26.3 Å². The minimum Gasteiger partial charge on any atom is -0.475 e. The molecule has 9 nitrogen and oxygen atoms in total. The number of nitrogens with one attached hydrogen (secondary N) is 2. The lowest BCUT2D eigenvalue weighted by molar-refractivity contribution is -0.192.